The van der Waals surface area contributed by atoms with E-state index < -0.39 is 29.5 Å². The molecule has 1 unspecified atom stereocenters. The molecule has 204 valence electrons. The average molecular weight is 557 g/mol. The quantitative estimate of drug-likeness (QED) is 0.439. The molecule has 0 saturated heterocycles. The van der Waals surface area contributed by atoms with Crippen LogP contribution in [0.2, 0.25) is 5.02 Å². The van der Waals surface area contributed by atoms with E-state index in [1.54, 1.807) is 41.3 Å². The number of para-hydroxylation sites is 1. The maximum absolute atomic E-state index is 13.7. The zero-order valence-electron chi connectivity index (χ0n) is 21.1. The van der Waals surface area contributed by atoms with Gasteiger partial charge in [-0.15, -0.1) is 0 Å². The number of pyridine rings is 2. The minimum atomic E-state index is -2.90. The lowest BCUT2D eigenvalue weighted by atomic mass is 9.85. The van der Waals surface area contributed by atoms with Gasteiger partial charge in [0.05, 0.1) is 29.1 Å². The van der Waals surface area contributed by atoms with E-state index in [2.05, 4.69) is 15.3 Å². The summed E-state index contributed by atoms with van der Waals surface area (Å²) in [4.78, 5) is 36.0. The first-order valence-corrected chi connectivity index (χ1v) is 13.0. The summed E-state index contributed by atoms with van der Waals surface area (Å²) in [7, 11) is 1.47. The summed E-state index contributed by atoms with van der Waals surface area (Å²) in [6.45, 7) is 0.385. The van der Waals surface area contributed by atoms with Crippen LogP contribution in [-0.2, 0) is 10.4 Å². The summed E-state index contributed by atoms with van der Waals surface area (Å²) < 4.78 is 31.9. The molecule has 2 aliphatic rings. The van der Waals surface area contributed by atoms with E-state index in [1.807, 2.05) is 6.07 Å². The van der Waals surface area contributed by atoms with Gasteiger partial charge in [-0.2, -0.15) is 0 Å². The Hall–Kier alpha value is -3.63. The number of alkyl halides is 2. The summed E-state index contributed by atoms with van der Waals surface area (Å²) in [5, 5.41) is 14.6. The van der Waals surface area contributed by atoms with Crippen molar-refractivity contribution >= 4 is 29.1 Å². The first-order chi connectivity index (χ1) is 18.7. The first kappa shape index (κ1) is 27.0. The van der Waals surface area contributed by atoms with Crippen LogP contribution < -0.4 is 15.0 Å². The lowest BCUT2D eigenvalue weighted by Crippen LogP contribution is -2.45. The molecule has 2 N–H and O–H groups in total. The number of halogens is 3. The molecule has 2 aromatic heterocycles. The van der Waals surface area contributed by atoms with E-state index >= 15 is 0 Å². The molecule has 8 nitrogen and oxygen atoms in total. The maximum atomic E-state index is 13.7. The van der Waals surface area contributed by atoms with Crippen molar-refractivity contribution < 1.29 is 28.2 Å². The number of rotatable bonds is 7. The van der Waals surface area contributed by atoms with Crippen molar-refractivity contribution in [1.82, 2.24) is 15.3 Å². The van der Waals surface area contributed by atoms with E-state index in [9.17, 15) is 23.5 Å². The average Bonchev–Trinajstić information content (AvgIpc) is 3.16. The van der Waals surface area contributed by atoms with Crippen LogP contribution in [0.25, 0.3) is 0 Å². The number of carbonyl (C=O) groups excluding carboxylic acids is 2. The van der Waals surface area contributed by atoms with Crippen LogP contribution in [0.4, 0.5) is 14.5 Å². The SMILES string of the molecule is COc1cccc(C2(O)C(=O)N(CC3CCC(NC(=O)c4cc(Cl)cnc4C(F)F)CC3)c3ccccc32)n1. The summed E-state index contributed by atoms with van der Waals surface area (Å²) in [5.74, 6) is -0.712. The van der Waals surface area contributed by atoms with Crippen LogP contribution in [-0.4, -0.2) is 46.6 Å². The van der Waals surface area contributed by atoms with Crippen molar-refractivity contribution in [3.05, 3.63) is 82.3 Å². The number of methoxy groups -OCH3 is 1. The van der Waals surface area contributed by atoms with Crippen molar-refractivity contribution in [1.29, 1.82) is 0 Å². The number of benzene rings is 1. The van der Waals surface area contributed by atoms with Gasteiger partial charge in [-0.25, -0.2) is 13.8 Å². The van der Waals surface area contributed by atoms with E-state index in [4.69, 9.17) is 16.3 Å². The highest BCUT2D eigenvalue weighted by Crippen LogP contribution is 2.45. The van der Waals surface area contributed by atoms with Crippen LogP contribution in [0.3, 0.4) is 0 Å². The molecule has 0 spiro atoms. The minimum absolute atomic E-state index is 0.105. The highest BCUT2D eigenvalue weighted by atomic mass is 35.5. The van der Waals surface area contributed by atoms with Crippen LogP contribution in [0.15, 0.2) is 54.7 Å². The summed E-state index contributed by atoms with van der Waals surface area (Å²) in [6.07, 6.45) is 0.809. The Morgan fingerprint density at radius 1 is 1.21 bits per heavy atom. The van der Waals surface area contributed by atoms with Gasteiger partial charge >= 0.3 is 0 Å². The fourth-order valence-electron chi connectivity index (χ4n) is 5.41. The number of hydrogen-bond donors (Lipinski definition) is 2. The zero-order valence-corrected chi connectivity index (χ0v) is 21.9. The lowest BCUT2D eigenvalue weighted by Gasteiger charge is -2.32. The second-order valence-corrected chi connectivity index (χ2v) is 10.2. The zero-order chi connectivity index (χ0) is 27.7. The Labute approximate surface area is 229 Å². The van der Waals surface area contributed by atoms with E-state index in [0.717, 1.165) is 6.20 Å². The largest absolute Gasteiger partial charge is 0.481 e. The van der Waals surface area contributed by atoms with Gasteiger partial charge in [-0.3, -0.25) is 14.6 Å². The molecular formula is C28H27ClF2N4O4. The summed E-state index contributed by atoms with van der Waals surface area (Å²) in [5.41, 5.74) is -1.50. The fraction of sp³-hybridized carbons (Fsp3) is 0.357. The number of hydrogen-bond acceptors (Lipinski definition) is 6. The Balaban J connectivity index is 1.27. The summed E-state index contributed by atoms with van der Waals surface area (Å²) >= 11 is 5.88. The number of nitrogens with one attached hydrogen (secondary N) is 1. The van der Waals surface area contributed by atoms with E-state index in [1.165, 1.54) is 13.2 Å². The van der Waals surface area contributed by atoms with Crippen molar-refractivity contribution in [3.8, 4) is 5.88 Å². The molecule has 0 radical (unpaired) electrons. The smallest absolute Gasteiger partial charge is 0.281 e. The van der Waals surface area contributed by atoms with Crippen molar-refractivity contribution in [2.24, 2.45) is 5.92 Å². The molecule has 0 bridgehead atoms. The highest BCUT2D eigenvalue weighted by molar-refractivity contribution is 6.30. The number of amides is 2. The molecule has 39 heavy (non-hydrogen) atoms. The number of nitrogens with zero attached hydrogens (tertiary/aromatic N) is 3. The highest BCUT2D eigenvalue weighted by Gasteiger charge is 2.52. The van der Waals surface area contributed by atoms with Gasteiger partial charge in [0.25, 0.3) is 18.2 Å². The van der Waals surface area contributed by atoms with Gasteiger partial charge in [0.2, 0.25) is 11.5 Å². The molecule has 1 aromatic carbocycles. The normalized spacial score (nSPS) is 22.6. The van der Waals surface area contributed by atoms with Crippen LogP contribution >= 0.6 is 11.6 Å². The van der Waals surface area contributed by atoms with Gasteiger partial charge < -0.3 is 20.1 Å². The molecule has 1 aliphatic carbocycles. The number of aromatic nitrogens is 2. The van der Waals surface area contributed by atoms with Gasteiger partial charge in [0.1, 0.15) is 5.69 Å². The van der Waals surface area contributed by atoms with Gasteiger partial charge in [-0.1, -0.05) is 35.9 Å². The first-order valence-electron chi connectivity index (χ1n) is 12.6. The van der Waals surface area contributed by atoms with Crippen molar-refractivity contribution in [3.63, 3.8) is 0 Å². The predicted molar refractivity (Wildman–Crippen MR) is 140 cm³/mol. The molecule has 2 amide bonds. The predicted octanol–water partition coefficient (Wildman–Crippen LogP) is 4.65. The molecule has 1 aliphatic heterocycles. The molecule has 5 rings (SSSR count). The Morgan fingerprint density at radius 2 is 1.95 bits per heavy atom. The fourth-order valence-corrected chi connectivity index (χ4v) is 5.57. The van der Waals surface area contributed by atoms with Crippen LogP contribution in [0, 0.1) is 5.92 Å². The van der Waals surface area contributed by atoms with Gasteiger partial charge in [-0.05, 0) is 49.8 Å². The number of anilines is 1. The van der Waals surface area contributed by atoms with Crippen LogP contribution in [0.5, 0.6) is 5.88 Å². The summed E-state index contributed by atoms with van der Waals surface area (Å²) in [6, 6.07) is 13.0. The number of carbonyl (C=O) groups is 2. The third-order valence-corrected chi connectivity index (χ3v) is 7.61. The van der Waals surface area contributed by atoms with Crippen LogP contribution in [0.1, 0.15) is 59.4 Å². The Bertz CT molecular complexity index is 1400. The molecule has 1 atom stereocenters. The molecule has 1 saturated carbocycles. The molecular weight excluding hydrogens is 530 g/mol. The molecule has 1 fully saturated rings. The third-order valence-electron chi connectivity index (χ3n) is 7.40. The second-order valence-electron chi connectivity index (χ2n) is 9.79. The van der Waals surface area contributed by atoms with Gasteiger partial charge in [0.15, 0.2) is 0 Å². The molecule has 11 heteroatoms. The number of ether oxygens (including phenoxy) is 1. The van der Waals surface area contributed by atoms with E-state index in [-0.39, 0.29) is 28.2 Å². The second kappa shape index (κ2) is 10.9. The third kappa shape index (κ3) is 5.06. The monoisotopic (exact) mass is 556 g/mol. The Kier molecular flexibility index (Phi) is 7.51. The Morgan fingerprint density at radius 3 is 2.67 bits per heavy atom. The molecule has 3 heterocycles. The van der Waals surface area contributed by atoms with Gasteiger partial charge in [0, 0.05) is 30.4 Å². The molecule has 3 aromatic rings. The maximum Gasteiger partial charge on any atom is 0.281 e. The number of aliphatic hydroxyl groups is 1. The van der Waals surface area contributed by atoms with Crippen molar-refractivity contribution in [2.45, 2.75) is 43.8 Å². The lowest BCUT2D eigenvalue weighted by molar-refractivity contribution is -0.132. The van der Waals surface area contributed by atoms with Crippen molar-refractivity contribution in [2.75, 3.05) is 18.6 Å². The topological polar surface area (TPSA) is 105 Å². The number of fused-ring (bicyclic) bond motifs is 1. The van der Waals surface area contributed by atoms with E-state index in [0.29, 0.717) is 49.4 Å². The minimum Gasteiger partial charge on any atom is -0.481 e. The standard InChI is InChI=1S/C28H27ClF2N4O4/c1-39-23-8-4-7-22(34-23)28(38)20-5-2-3-6-21(20)35(27(28)37)15-16-9-11-18(12-10-16)33-26(36)19-13-17(29)14-32-24(19)25(30)31/h2-8,13-14,16,18,25,38H,9-12,15H2,1H3,(H,33,36).